The Morgan fingerprint density at radius 3 is 2.43 bits per heavy atom. The molecule has 0 saturated heterocycles. The summed E-state index contributed by atoms with van der Waals surface area (Å²) in [5.41, 5.74) is 0. The number of rotatable bonds is 6. The van der Waals surface area contributed by atoms with Gasteiger partial charge in [0, 0.05) is 20.1 Å². The van der Waals surface area contributed by atoms with Crippen LogP contribution >= 0.6 is 0 Å². The first-order chi connectivity index (χ1) is 6.47. The third kappa shape index (κ3) is 5.94. The molecule has 0 fully saturated rings. The smallest absolute Gasteiger partial charge is 0.236 e. The minimum atomic E-state index is -0.295. The third-order valence-corrected chi connectivity index (χ3v) is 2.23. The number of carbonyl (C=O) groups excluding carboxylic acids is 1. The molecule has 4 heteroatoms. The van der Waals surface area contributed by atoms with E-state index in [0.29, 0.717) is 13.0 Å². The van der Waals surface area contributed by atoms with Crippen molar-refractivity contribution in [1.29, 1.82) is 0 Å². The predicted octanol–water partition coefficient (Wildman–Crippen LogP) is 0.167. The van der Waals surface area contributed by atoms with Crippen molar-refractivity contribution in [2.45, 2.75) is 26.4 Å². The van der Waals surface area contributed by atoms with Gasteiger partial charge in [-0.05, 0) is 27.3 Å². The fourth-order valence-electron chi connectivity index (χ4n) is 1.01. The molecule has 0 rings (SSSR count). The second-order valence-electron chi connectivity index (χ2n) is 3.78. The average Bonchev–Trinajstić information content (AvgIpc) is 2.13. The Bertz CT molecular complexity index is 172. The summed E-state index contributed by atoms with van der Waals surface area (Å²) in [6.45, 7) is 5.63. The van der Waals surface area contributed by atoms with E-state index in [1.54, 1.807) is 18.9 Å². The van der Waals surface area contributed by atoms with Crippen LogP contribution in [0.5, 0.6) is 0 Å². The van der Waals surface area contributed by atoms with Crippen LogP contribution in [0.1, 0.15) is 20.3 Å². The molecule has 1 atom stereocenters. The van der Waals surface area contributed by atoms with Crippen LogP contribution in [0.25, 0.3) is 0 Å². The Morgan fingerprint density at radius 2 is 2.00 bits per heavy atom. The standard InChI is InChI=1S/C10H22N2O2/c1-5-12(4)10(14)8-11(3)7-6-9(2)13/h9,13H,5-8H2,1-4H3. The topological polar surface area (TPSA) is 43.8 Å². The zero-order valence-corrected chi connectivity index (χ0v) is 9.66. The second kappa shape index (κ2) is 6.79. The van der Waals surface area contributed by atoms with Gasteiger partial charge in [-0.15, -0.1) is 0 Å². The molecule has 0 aliphatic carbocycles. The van der Waals surface area contributed by atoms with Gasteiger partial charge in [-0.2, -0.15) is 0 Å². The van der Waals surface area contributed by atoms with Gasteiger partial charge >= 0.3 is 0 Å². The molecular formula is C10H22N2O2. The SMILES string of the molecule is CCN(C)C(=O)CN(C)CCC(C)O. The summed E-state index contributed by atoms with van der Waals surface area (Å²) in [6, 6.07) is 0. The summed E-state index contributed by atoms with van der Waals surface area (Å²) < 4.78 is 0. The Labute approximate surface area is 86.5 Å². The molecule has 0 spiro atoms. The molecule has 84 valence electrons. The van der Waals surface area contributed by atoms with Gasteiger partial charge in [0.25, 0.3) is 0 Å². The third-order valence-electron chi connectivity index (χ3n) is 2.23. The molecule has 1 amide bonds. The van der Waals surface area contributed by atoms with E-state index in [1.165, 1.54) is 0 Å². The number of aliphatic hydroxyl groups excluding tert-OH is 1. The number of amides is 1. The van der Waals surface area contributed by atoms with Crippen LogP contribution in [0.4, 0.5) is 0 Å². The van der Waals surface area contributed by atoms with Crippen molar-refractivity contribution in [3.8, 4) is 0 Å². The van der Waals surface area contributed by atoms with Crippen molar-refractivity contribution in [3.63, 3.8) is 0 Å². The highest BCUT2D eigenvalue weighted by atomic mass is 16.3. The maximum Gasteiger partial charge on any atom is 0.236 e. The molecule has 1 N–H and O–H groups in total. The lowest BCUT2D eigenvalue weighted by Crippen LogP contribution is -2.37. The maximum absolute atomic E-state index is 11.5. The van der Waals surface area contributed by atoms with Crippen LogP contribution in [0.15, 0.2) is 0 Å². The molecule has 0 aromatic rings. The lowest BCUT2D eigenvalue weighted by molar-refractivity contribution is -0.130. The second-order valence-corrected chi connectivity index (χ2v) is 3.78. The van der Waals surface area contributed by atoms with E-state index >= 15 is 0 Å². The zero-order valence-electron chi connectivity index (χ0n) is 9.66. The van der Waals surface area contributed by atoms with Crippen molar-refractivity contribution < 1.29 is 9.90 Å². The Hall–Kier alpha value is -0.610. The van der Waals surface area contributed by atoms with Gasteiger partial charge in [0.05, 0.1) is 12.6 Å². The van der Waals surface area contributed by atoms with E-state index < -0.39 is 0 Å². The first-order valence-electron chi connectivity index (χ1n) is 5.08. The molecule has 4 nitrogen and oxygen atoms in total. The van der Waals surface area contributed by atoms with E-state index in [-0.39, 0.29) is 12.0 Å². The fraction of sp³-hybridized carbons (Fsp3) is 0.900. The summed E-state index contributed by atoms with van der Waals surface area (Å²) in [4.78, 5) is 15.1. The Balaban J connectivity index is 3.71. The van der Waals surface area contributed by atoms with Crippen molar-refractivity contribution in [2.75, 3.05) is 33.7 Å². The molecule has 0 aliphatic rings. The predicted molar refractivity (Wildman–Crippen MR) is 57.1 cm³/mol. The molecule has 0 saturated carbocycles. The van der Waals surface area contributed by atoms with Gasteiger partial charge in [0.2, 0.25) is 5.91 Å². The Kier molecular flexibility index (Phi) is 6.49. The summed E-state index contributed by atoms with van der Waals surface area (Å²) in [7, 11) is 3.69. The highest BCUT2D eigenvalue weighted by molar-refractivity contribution is 5.77. The van der Waals surface area contributed by atoms with Gasteiger partial charge in [0.1, 0.15) is 0 Å². The quantitative estimate of drug-likeness (QED) is 0.667. The summed E-state index contributed by atoms with van der Waals surface area (Å²) in [5, 5.41) is 9.07. The van der Waals surface area contributed by atoms with Crippen molar-refractivity contribution in [1.82, 2.24) is 9.80 Å². The molecular weight excluding hydrogens is 180 g/mol. The van der Waals surface area contributed by atoms with Crippen LogP contribution in [-0.2, 0) is 4.79 Å². The number of hydrogen-bond acceptors (Lipinski definition) is 3. The van der Waals surface area contributed by atoms with E-state index in [2.05, 4.69) is 0 Å². The number of likely N-dealkylation sites (N-methyl/N-ethyl adjacent to an activating group) is 2. The normalized spacial score (nSPS) is 13.0. The van der Waals surface area contributed by atoms with Gasteiger partial charge in [-0.3, -0.25) is 9.69 Å². The van der Waals surface area contributed by atoms with Crippen LogP contribution < -0.4 is 0 Å². The van der Waals surface area contributed by atoms with Crippen LogP contribution in [-0.4, -0.2) is 60.6 Å². The maximum atomic E-state index is 11.5. The number of carbonyl (C=O) groups is 1. The molecule has 1 unspecified atom stereocenters. The largest absolute Gasteiger partial charge is 0.393 e. The van der Waals surface area contributed by atoms with Crippen molar-refractivity contribution in [2.24, 2.45) is 0 Å². The van der Waals surface area contributed by atoms with Crippen LogP contribution in [0.3, 0.4) is 0 Å². The molecule has 0 aromatic heterocycles. The number of hydrogen-bond donors (Lipinski definition) is 1. The van der Waals surface area contributed by atoms with E-state index in [4.69, 9.17) is 5.11 Å². The Morgan fingerprint density at radius 1 is 1.43 bits per heavy atom. The molecule has 0 radical (unpaired) electrons. The molecule has 0 aliphatic heterocycles. The lowest BCUT2D eigenvalue weighted by Gasteiger charge is -2.21. The number of aliphatic hydroxyl groups is 1. The van der Waals surface area contributed by atoms with Gasteiger partial charge in [-0.25, -0.2) is 0 Å². The number of nitrogens with zero attached hydrogens (tertiary/aromatic N) is 2. The van der Waals surface area contributed by atoms with Gasteiger partial charge in [0.15, 0.2) is 0 Å². The van der Waals surface area contributed by atoms with Crippen molar-refractivity contribution in [3.05, 3.63) is 0 Å². The minimum absolute atomic E-state index is 0.126. The van der Waals surface area contributed by atoms with Crippen molar-refractivity contribution >= 4 is 5.91 Å². The van der Waals surface area contributed by atoms with Crippen LogP contribution in [0.2, 0.25) is 0 Å². The highest BCUT2D eigenvalue weighted by Crippen LogP contribution is 1.94. The summed E-state index contributed by atoms with van der Waals surface area (Å²) in [5.74, 6) is 0.126. The lowest BCUT2D eigenvalue weighted by atomic mass is 10.3. The van der Waals surface area contributed by atoms with E-state index in [9.17, 15) is 4.79 Å². The minimum Gasteiger partial charge on any atom is -0.393 e. The van der Waals surface area contributed by atoms with E-state index in [1.807, 2.05) is 18.9 Å². The monoisotopic (exact) mass is 202 g/mol. The molecule has 0 heterocycles. The summed E-state index contributed by atoms with van der Waals surface area (Å²) >= 11 is 0. The zero-order chi connectivity index (χ0) is 11.1. The summed E-state index contributed by atoms with van der Waals surface area (Å²) in [6.07, 6.45) is 0.413. The first-order valence-corrected chi connectivity index (χ1v) is 5.08. The van der Waals surface area contributed by atoms with Gasteiger partial charge < -0.3 is 10.0 Å². The average molecular weight is 202 g/mol. The highest BCUT2D eigenvalue weighted by Gasteiger charge is 2.10. The van der Waals surface area contributed by atoms with Crippen LogP contribution in [0, 0.1) is 0 Å². The molecule has 0 bridgehead atoms. The molecule has 0 aromatic carbocycles. The first kappa shape index (κ1) is 13.4. The van der Waals surface area contributed by atoms with Gasteiger partial charge in [-0.1, -0.05) is 0 Å². The van der Waals surface area contributed by atoms with E-state index in [0.717, 1.165) is 13.1 Å². The fourth-order valence-corrected chi connectivity index (χ4v) is 1.01. The molecule has 14 heavy (non-hydrogen) atoms.